The summed E-state index contributed by atoms with van der Waals surface area (Å²) in [5.74, 6) is -0.867. The molecule has 0 bridgehead atoms. The second kappa shape index (κ2) is 8.51. The number of rotatable bonds is 5. The molecule has 0 aromatic heterocycles. The molecular formula is C23H23N3O4. The molecule has 2 N–H and O–H groups in total. The second-order valence-corrected chi connectivity index (χ2v) is 7.52. The van der Waals surface area contributed by atoms with Gasteiger partial charge in [0.2, 0.25) is 0 Å². The number of aromatic carboxylic acids is 1. The minimum absolute atomic E-state index is 0.158. The minimum atomic E-state index is -1.01. The van der Waals surface area contributed by atoms with Gasteiger partial charge in [-0.15, -0.1) is 0 Å². The predicted molar refractivity (Wildman–Crippen MR) is 116 cm³/mol. The predicted octanol–water partition coefficient (Wildman–Crippen LogP) is 3.01. The lowest BCUT2D eigenvalue weighted by Crippen LogP contribution is -2.34. The van der Waals surface area contributed by atoms with Crippen LogP contribution in [-0.4, -0.2) is 48.0 Å². The molecule has 1 saturated heterocycles. The fourth-order valence-electron chi connectivity index (χ4n) is 3.71. The summed E-state index contributed by atoms with van der Waals surface area (Å²) >= 11 is 0. The van der Waals surface area contributed by atoms with E-state index in [9.17, 15) is 14.7 Å². The number of anilines is 2. The van der Waals surface area contributed by atoms with Crippen molar-refractivity contribution in [2.24, 2.45) is 11.0 Å². The third kappa shape index (κ3) is 4.11. The number of carboxylic acid groups (broad SMARTS) is 1. The van der Waals surface area contributed by atoms with Crippen molar-refractivity contribution in [1.29, 1.82) is 0 Å². The first kappa shape index (κ1) is 19.8. The molecular weight excluding hydrogens is 382 g/mol. The smallest absolute Gasteiger partial charge is 0.335 e. The van der Waals surface area contributed by atoms with Crippen LogP contribution < -0.4 is 9.91 Å². The molecule has 2 aromatic carbocycles. The summed E-state index contributed by atoms with van der Waals surface area (Å²) in [6, 6.07) is 14.1. The van der Waals surface area contributed by atoms with Gasteiger partial charge in [-0.1, -0.05) is 12.1 Å². The van der Waals surface area contributed by atoms with Gasteiger partial charge in [-0.3, -0.25) is 4.79 Å². The molecule has 7 heteroatoms. The van der Waals surface area contributed by atoms with Crippen LogP contribution in [0.15, 0.2) is 59.2 Å². The zero-order valence-electron chi connectivity index (χ0n) is 16.4. The first-order chi connectivity index (χ1) is 14.5. The first-order valence-electron chi connectivity index (χ1n) is 9.94. The van der Waals surface area contributed by atoms with E-state index in [1.807, 2.05) is 24.3 Å². The van der Waals surface area contributed by atoms with E-state index in [1.165, 1.54) is 23.4 Å². The summed E-state index contributed by atoms with van der Waals surface area (Å²) in [6.07, 6.45) is 5.30. The summed E-state index contributed by atoms with van der Waals surface area (Å²) in [4.78, 5) is 26.0. The van der Waals surface area contributed by atoms with Crippen LogP contribution >= 0.6 is 0 Å². The normalized spacial score (nSPS) is 18.4. The van der Waals surface area contributed by atoms with E-state index in [0.29, 0.717) is 17.2 Å². The van der Waals surface area contributed by atoms with Crippen molar-refractivity contribution in [3.8, 4) is 0 Å². The highest BCUT2D eigenvalue weighted by Crippen LogP contribution is 2.25. The summed E-state index contributed by atoms with van der Waals surface area (Å²) < 4.78 is 0. The van der Waals surface area contributed by atoms with Gasteiger partial charge in [0.05, 0.1) is 23.0 Å². The number of hydrazone groups is 1. The number of aliphatic hydroxyl groups excluding tert-OH is 1. The SMILES string of the molecule is O=C(O)c1ccc(N2N=C/C(=C/c3ccc(N4CCC(CO)CC4)cc3)C2=O)cc1. The third-order valence-electron chi connectivity index (χ3n) is 5.56. The Kier molecular flexibility index (Phi) is 5.63. The molecule has 1 fully saturated rings. The summed E-state index contributed by atoms with van der Waals surface area (Å²) in [7, 11) is 0. The van der Waals surface area contributed by atoms with Crippen molar-refractivity contribution in [2.75, 3.05) is 29.6 Å². The van der Waals surface area contributed by atoms with Crippen LogP contribution in [0, 0.1) is 5.92 Å². The van der Waals surface area contributed by atoms with Gasteiger partial charge in [-0.05, 0) is 66.8 Å². The largest absolute Gasteiger partial charge is 0.478 e. The van der Waals surface area contributed by atoms with Gasteiger partial charge in [-0.2, -0.15) is 10.1 Å². The van der Waals surface area contributed by atoms with Crippen molar-refractivity contribution < 1.29 is 19.8 Å². The third-order valence-corrected chi connectivity index (χ3v) is 5.56. The van der Waals surface area contributed by atoms with Crippen molar-refractivity contribution in [3.05, 3.63) is 65.2 Å². The Bertz CT molecular complexity index is 988. The number of hydrogen-bond acceptors (Lipinski definition) is 5. The van der Waals surface area contributed by atoms with Crippen LogP contribution in [0.2, 0.25) is 0 Å². The second-order valence-electron chi connectivity index (χ2n) is 7.52. The number of nitrogens with zero attached hydrogens (tertiary/aromatic N) is 3. The Balaban J connectivity index is 1.43. The Labute approximate surface area is 174 Å². The molecule has 1 amide bonds. The zero-order chi connectivity index (χ0) is 21.1. The van der Waals surface area contributed by atoms with Crippen LogP contribution in [0.5, 0.6) is 0 Å². The number of carbonyl (C=O) groups is 2. The molecule has 2 heterocycles. The van der Waals surface area contributed by atoms with Gasteiger partial charge in [-0.25, -0.2) is 4.79 Å². The molecule has 30 heavy (non-hydrogen) atoms. The van der Waals surface area contributed by atoms with E-state index in [4.69, 9.17) is 5.11 Å². The molecule has 0 spiro atoms. The molecule has 0 aliphatic carbocycles. The standard InChI is InChI=1S/C23H23N3O4/c27-15-17-9-11-25(12-10-17)20-5-1-16(2-6-20)13-19-14-24-26(22(19)28)21-7-3-18(4-8-21)23(29)30/h1-8,13-14,17,27H,9-12,15H2,(H,29,30)/b19-13-. The highest BCUT2D eigenvalue weighted by Gasteiger charge is 2.24. The average molecular weight is 405 g/mol. The first-order valence-corrected chi connectivity index (χ1v) is 9.94. The molecule has 0 saturated carbocycles. The quantitative estimate of drug-likeness (QED) is 0.746. The van der Waals surface area contributed by atoms with Crippen molar-refractivity contribution in [1.82, 2.24) is 0 Å². The molecule has 2 aliphatic rings. The fourth-order valence-corrected chi connectivity index (χ4v) is 3.71. The lowest BCUT2D eigenvalue weighted by atomic mass is 9.97. The Morgan fingerprint density at radius 3 is 2.27 bits per heavy atom. The van der Waals surface area contributed by atoms with Gasteiger partial charge < -0.3 is 15.1 Å². The minimum Gasteiger partial charge on any atom is -0.478 e. The molecule has 2 aliphatic heterocycles. The summed E-state index contributed by atoms with van der Waals surface area (Å²) in [6.45, 7) is 2.13. The summed E-state index contributed by atoms with van der Waals surface area (Å²) in [5.41, 5.74) is 3.19. The van der Waals surface area contributed by atoms with Crippen LogP contribution in [-0.2, 0) is 4.79 Å². The summed E-state index contributed by atoms with van der Waals surface area (Å²) in [5, 5.41) is 23.7. The van der Waals surface area contributed by atoms with Crippen molar-refractivity contribution in [2.45, 2.75) is 12.8 Å². The van der Waals surface area contributed by atoms with Crippen LogP contribution in [0.4, 0.5) is 11.4 Å². The topological polar surface area (TPSA) is 93.4 Å². The van der Waals surface area contributed by atoms with Gasteiger partial charge in [0.15, 0.2) is 0 Å². The Morgan fingerprint density at radius 1 is 1.03 bits per heavy atom. The molecule has 154 valence electrons. The van der Waals surface area contributed by atoms with E-state index in [2.05, 4.69) is 10.0 Å². The highest BCUT2D eigenvalue weighted by atomic mass is 16.4. The maximum atomic E-state index is 12.7. The number of benzene rings is 2. The zero-order valence-corrected chi connectivity index (χ0v) is 16.4. The van der Waals surface area contributed by atoms with Gasteiger partial charge >= 0.3 is 5.97 Å². The number of amides is 1. The van der Waals surface area contributed by atoms with Crippen LogP contribution in [0.25, 0.3) is 6.08 Å². The highest BCUT2D eigenvalue weighted by molar-refractivity contribution is 6.25. The van der Waals surface area contributed by atoms with E-state index in [0.717, 1.165) is 37.2 Å². The molecule has 0 atom stereocenters. The Hall–Kier alpha value is -3.45. The van der Waals surface area contributed by atoms with Crippen molar-refractivity contribution in [3.63, 3.8) is 0 Å². The average Bonchev–Trinajstić information content (AvgIpc) is 3.14. The van der Waals surface area contributed by atoms with Gasteiger partial charge in [0, 0.05) is 25.4 Å². The maximum Gasteiger partial charge on any atom is 0.335 e. The number of carboxylic acids is 1. The van der Waals surface area contributed by atoms with Gasteiger partial charge in [0.1, 0.15) is 0 Å². The Morgan fingerprint density at radius 2 is 1.67 bits per heavy atom. The van der Waals surface area contributed by atoms with Gasteiger partial charge in [0.25, 0.3) is 5.91 Å². The van der Waals surface area contributed by atoms with E-state index < -0.39 is 5.97 Å². The van der Waals surface area contributed by atoms with Crippen LogP contribution in [0.3, 0.4) is 0 Å². The lowest BCUT2D eigenvalue weighted by Gasteiger charge is -2.32. The molecule has 0 unspecified atom stereocenters. The number of aliphatic hydroxyl groups is 1. The monoisotopic (exact) mass is 405 g/mol. The molecule has 7 nitrogen and oxygen atoms in total. The maximum absolute atomic E-state index is 12.7. The molecule has 0 radical (unpaired) electrons. The van der Waals surface area contributed by atoms with E-state index in [1.54, 1.807) is 18.2 Å². The number of carbonyl (C=O) groups excluding carboxylic acids is 1. The van der Waals surface area contributed by atoms with E-state index in [-0.39, 0.29) is 18.1 Å². The lowest BCUT2D eigenvalue weighted by molar-refractivity contribution is -0.114. The van der Waals surface area contributed by atoms with Crippen LogP contribution in [0.1, 0.15) is 28.8 Å². The number of hydrogen-bond donors (Lipinski definition) is 2. The molecule has 4 rings (SSSR count). The van der Waals surface area contributed by atoms with Crippen molar-refractivity contribution >= 4 is 35.5 Å². The van der Waals surface area contributed by atoms with E-state index >= 15 is 0 Å². The number of piperidine rings is 1. The molecule has 2 aromatic rings. The fraction of sp³-hybridized carbons (Fsp3) is 0.261.